The fraction of sp³-hybridized carbons (Fsp3) is 0.618. The molecule has 0 aromatic heterocycles. The van der Waals surface area contributed by atoms with Gasteiger partial charge in [0.1, 0.15) is 30.4 Å². The third-order valence-electron chi connectivity index (χ3n) is 8.24. The second-order valence-corrected chi connectivity index (χ2v) is 12.4. The Balaban J connectivity index is 0.000000248. The number of piperidine rings is 2. The summed E-state index contributed by atoms with van der Waals surface area (Å²) in [5, 5.41) is 0. The molecule has 2 aromatic rings. The van der Waals surface area contributed by atoms with Crippen LogP contribution in [0.3, 0.4) is 0 Å². The van der Waals surface area contributed by atoms with Crippen molar-refractivity contribution >= 4 is 11.7 Å². The Kier molecular flexibility index (Phi) is 13.5. The number of nitrogen functional groups attached to an aromatic ring is 1. The van der Waals surface area contributed by atoms with Crippen LogP contribution in [0.25, 0.3) is 0 Å². The average Bonchev–Trinajstić information content (AvgIpc) is 2.98. The van der Waals surface area contributed by atoms with E-state index < -0.39 is 5.60 Å². The van der Waals surface area contributed by atoms with E-state index >= 15 is 0 Å². The molecule has 2 aromatic carbocycles. The van der Waals surface area contributed by atoms with Crippen LogP contribution in [0.1, 0.15) is 75.0 Å². The molecule has 0 spiro atoms. The van der Waals surface area contributed by atoms with Crippen LogP contribution in [0.4, 0.5) is 14.5 Å². The van der Waals surface area contributed by atoms with Gasteiger partial charge < -0.3 is 29.7 Å². The molecule has 0 aliphatic carbocycles. The Morgan fingerprint density at radius 3 is 1.72 bits per heavy atom. The number of halogens is 2. The Labute approximate surface area is 256 Å². The monoisotopic (exact) mass is 603 g/mol. The average molecular weight is 604 g/mol. The van der Waals surface area contributed by atoms with Crippen molar-refractivity contribution in [1.82, 2.24) is 9.80 Å². The number of nitrogens with two attached hydrogens (primary N) is 1. The quantitative estimate of drug-likeness (QED) is 0.258. The summed E-state index contributed by atoms with van der Waals surface area (Å²) < 4.78 is 40.9. The van der Waals surface area contributed by atoms with Gasteiger partial charge in [0, 0.05) is 18.7 Å². The maximum absolute atomic E-state index is 12.5. The molecule has 2 aliphatic heterocycles. The highest BCUT2D eigenvalue weighted by Gasteiger charge is 2.23. The number of alkyl halides is 2. The number of likely N-dealkylation sites (tertiary alicyclic amines) is 2. The van der Waals surface area contributed by atoms with Crippen molar-refractivity contribution in [1.29, 1.82) is 0 Å². The van der Waals surface area contributed by atoms with Crippen molar-refractivity contribution in [3.05, 3.63) is 53.1 Å². The van der Waals surface area contributed by atoms with Crippen LogP contribution in [-0.2, 0) is 16.0 Å². The fourth-order valence-electron chi connectivity index (χ4n) is 5.89. The van der Waals surface area contributed by atoms with E-state index in [9.17, 15) is 13.6 Å². The summed E-state index contributed by atoms with van der Waals surface area (Å²) in [5.74, 6) is 2.22. The molecule has 0 radical (unpaired) electrons. The molecule has 0 saturated carbocycles. The zero-order valence-electron chi connectivity index (χ0n) is 26.7. The molecule has 2 N–H and O–H groups in total. The highest BCUT2D eigenvalue weighted by molar-refractivity contribution is 5.74. The lowest BCUT2D eigenvalue weighted by atomic mass is 9.88. The van der Waals surface area contributed by atoms with Crippen molar-refractivity contribution < 1.29 is 27.8 Å². The van der Waals surface area contributed by atoms with Gasteiger partial charge in [-0.15, -0.1) is 0 Å². The van der Waals surface area contributed by atoms with Crippen LogP contribution in [-0.4, -0.2) is 88.2 Å². The number of rotatable bonds is 10. The number of nitrogens with zero attached hydrogens (tertiary/aromatic N) is 2. The largest absolute Gasteiger partial charge is 0.496 e. The molecule has 2 heterocycles. The first-order valence-electron chi connectivity index (χ1n) is 15.5. The lowest BCUT2D eigenvalue weighted by molar-refractivity contribution is -0.153. The van der Waals surface area contributed by atoms with Gasteiger partial charge in [0.25, 0.3) is 0 Å². The van der Waals surface area contributed by atoms with Crippen LogP contribution < -0.4 is 15.2 Å². The minimum atomic E-state index is -0.488. The van der Waals surface area contributed by atoms with E-state index in [4.69, 9.17) is 19.9 Å². The van der Waals surface area contributed by atoms with Crippen molar-refractivity contribution in [2.24, 2.45) is 0 Å². The molecule has 7 nitrogen and oxygen atoms in total. The molecular formula is C34H51F2N3O4. The Hall–Kier alpha value is -2.91. The van der Waals surface area contributed by atoms with Gasteiger partial charge in [-0.1, -0.05) is 18.2 Å². The number of anilines is 1. The van der Waals surface area contributed by atoms with Gasteiger partial charge in [-0.25, -0.2) is 8.78 Å². The highest BCUT2D eigenvalue weighted by atomic mass is 19.1. The molecule has 2 aliphatic rings. The molecule has 4 rings (SSSR count). The summed E-state index contributed by atoms with van der Waals surface area (Å²) >= 11 is 0. The lowest BCUT2D eigenvalue weighted by Gasteiger charge is -2.31. The van der Waals surface area contributed by atoms with Gasteiger partial charge in [-0.3, -0.25) is 4.79 Å². The molecule has 9 heteroatoms. The van der Waals surface area contributed by atoms with Gasteiger partial charge in [-0.05, 0) is 114 Å². The summed E-state index contributed by atoms with van der Waals surface area (Å²) in [6, 6.07) is 12.1. The van der Waals surface area contributed by atoms with E-state index in [1.165, 1.54) is 11.1 Å². The van der Waals surface area contributed by atoms with Crippen LogP contribution in [0, 0.1) is 0 Å². The first kappa shape index (κ1) is 34.6. The molecule has 0 unspecified atom stereocenters. The second kappa shape index (κ2) is 16.8. The van der Waals surface area contributed by atoms with Gasteiger partial charge in [-0.2, -0.15) is 0 Å². The first-order chi connectivity index (χ1) is 20.6. The summed E-state index contributed by atoms with van der Waals surface area (Å²) in [7, 11) is 3.26. The van der Waals surface area contributed by atoms with Gasteiger partial charge in [0.15, 0.2) is 0 Å². The Morgan fingerprint density at radius 1 is 0.814 bits per heavy atom. The third kappa shape index (κ3) is 10.9. The minimum absolute atomic E-state index is 0.204. The maximum Gasteiger partial charge on any atom is 0.310 e. The van der Waals surface area contributed by atoms with Crippen LogP contribution in [0.2, 0.25) is 0 Å². The van der Waals surface area contributed by atoms with E-state index in [0.717, 1.165) is 68.9 Å². The molecule has 2 saturated heterocycles. The predicted octanol–water partition coefficient (Wildman–Crippen LogP) is 6.15. The molecule has 0 amide bonds. The Bertz CT molecular complexity index is 1140. The van der Waals surface area contributed by atoms with Gasteiger partial charge >= 0.3 is 5.97 Å². The second-order valence-electron chi connectivity index (χ2n) is 12.4. The third-order valence-corrected chi connectivity index (χ3v) is 8.24. The number of hydrogen-bond donors (Lipinski definition) is 1. The smallest absolute Gasteiger partial charge is 0.310 e. The van der Waals surface area contributed by atoms with E-state index in [0.29, 0.717) is 30.6 Å². The molecule has 43 heavy (non-hydrogen) atoms. The molecule has 0 bridgehead atoms. The van der Waals surface area contributed by atoms with Crippen molar-refractivity contribution in [3.63, 3.8) is 0 Å². The number of methoxy groups -OCH3 is 2. The Morgan fingerprint density at radius 2 is 1.28 bits per heavy atom. The van der Waals surface area contributed by atoms with E-state index in [1.54, 1.807) is 14.2 Å². The zero-order valence-corrected chi connectivity index (χ0v) is 26.7. The molecule has 0 atom stereocenters. The standard InChI is InChI=1S/C20H30FNO3.C14H21FN2O/c1-20(2,3)25-19(23)14-17-6-5-16(13-18(17)24-4)15-7-10-22(11-8-15)12-9-21;1-18-14-10-12(2-3-13(14)16)11-4-7-17(8-5-11)9-6-15/h5-6,13,15H,7-12,14H2,1-4H3;2-3,10-11H,4-9,16H2,1H3. The van der Waals surface area contributed by atoms with Gasteiger partial charge in [0.2, 0.25) is 0 Å². The van der Waals surface area contributed by atoms with Gasteiger partial charge in [0.05, 0.1) is 26.3 Å². The van der Waals surface area contributed by atoms with Crippen LogP contribution in [0.15, 0.2) is 36.4 Å². The summed E-state index contributed by atoms with van der Waals surface area (Å²) in [6.45, 7) is 9.96. The zero-order chi connectivity index (χ0) is 31.4. The highest BCUT2D eigenvalue weighted by Crippen LogP contribution is 2.33. The van der Waals surface area contributed by atoms with E-state index in [2.05, 4.69) is 21.9 Å². The summed E-state index contributed by atoms with van der Waals surface area (Å²) in [5.41, 5.74) is 9.35. The number of carbonyl (C=O) groups is 1. The molecule has 2 fully saturated rings. The SMILES string of the molecule is COc1cc(C2CCN(CCF)CC2)ccc1CC(=O)OC(C)(C)C.COc1cc(C2CCN(CCF)CC2)ccc1N. The maximum atomic E-state index is 12.5. The number of carbonyl (C=O) groups excluding carboxylic acids is 1. The van der Waals surface area contributed by atoms with Crippen molar-refractivity contribution in [2.45, 2.75) is 70.3 Å². The number of ether oxygens (including phenoxy) is 3. The number of esters is 1. The van der Waals surface area contributed by atoms with Crippen molar-refractivity contribution in [3.8, 4) is 11.5 Å². The number of hydrogen-bond acceptors (Lipinski definition) is 7. The minimum Gasteiger partial charge on any atom is -0.496 e. The van der Waals surface area contributed by atoms with E-state index in [1.807, 2.05) is 45.0 Å². The topological polar surface area (TPSA) is 77.3 Å². The lowest BCUT2D eigenvalue weighted by Crippen LogP contribution is -2.34. The van der Waals surface area contributed by atoms with Crippen LogP contribution >= 0.6 is 0 Å². The van der Waals surface area contributed by atoms with E-state index in [-0.39, 0.29) is 25.7 Å². The fourth-order valence-corrected chi connectivity index (χ4v) is 5.89. The molecular weight excluding hydrogens is 552 g/mol. The van der Waals surface area contributed by atoms with Crippen molar-refractivity contribution in [2.75, 3.05) is 72.6 Å². The predicted molar refractivity (Wildman–Crippen MR) is 169 cm³/mol. The summed E-state index contributed by atoms with van der Waals surface area (Å²) in [6.07, 6.45) is 4.40. The summed E-state index contributed by atoms with van der Waals surface area (Å²) in [4.78, 5) is 16.4. The first-order valence-corrected chi connectivity index (χ1v) is 15.5. The normalized spacial score (nSPS) is 17.2. The molecule has 240 valence electrons. The number of benzene rings is 2. The van der Waals surface area contributed by atoms with Crippen LogP contribution in [0.5, 0.6) is 11.5 Å².